The maximum Gasteiger partial charge on any atom is 0.255 e. The van der Waals surface area contributed by atoms with Gasteiger partial charge in [-0.3, -0.25) is 9.69 Å². The summed E-state index contributed by atoms with van der Waals surface area (Å²) in [5.74, 6) is 0.282. The van der Waals surface area contributed by atoms with E-state index in [4.69, 9.17) is 0 Å². The number of aromatic nitrogens is 3. The van der Waals surface area contributed by atoms with Crippen molar-refractivity contribution in [2.24, 2.45) is 0 Å². The number of nitrogens with zero attached hydrogens (tertiary/aromatic N) is 3. The highest BCUT2D eigenvalue weighted by molar-refractivity contribution is 5.25. The van der Waals surface area contributed by atoms with Gasteiger partial charge in [-0.05, 0) is 18.6 Å². The summed E-state index contributed by atoms with van der Waals surface area (Å²) >= 11 is 0. The van der Waals surface area contributed by atoms with Crippen LogP contribution in [0.5, 0.6) is 0 Å². The van der Waals surface area contributed by atoms with E-state index in [1.807, 2.05) is 27.7 Å². The molecule has 0 saturated heterocycles. The Morgan fingerprint density at radius 3 is 2.79 bits per heavy atom. The van der Waals surface area contributed by atoms with Crippen molar-refractivity contribution in [3.63, 3.8) is 0 Å². The molecule has 1 aliphatic heterocycles. The number of aryl methyl sites for hydroxylation is 1. The molecule has 2 aromatic rings. The van der Waals surface area contributed by atoms with Gasteiger partial charge in [0.2, 0.25) is 5.95 Å². The fraction of sp³-hybridized carbons (Fsp3) is 0.500. The van der Waals surface area contributed by atoms with E-state index in [1.54, 1.807) is 6.07 Å². The summed E-state index contributed by atoms with van der Waals surface area (Å²) in [7, 11) is 0. The Hall–Kier alpha value is -2.08. The van der Waals surface area contributed by atoms with E-state index in [2.05, 4.69) is 19.9 Å². The first kappa shape index (κ1) is 16.8. The predicted octanol–water partition coefficient (Wildman–Crippen LogP) is 2.47. The number of hydrogen-bond acceptors (Lipinski definition) is 4. The Morgan fingerprint density at radius 2 is 2.12 bits per heavy atom. The molecule has 0 bridgehead atoms. The van der Waals surface area contributed by atoms with E-state index >= 15 is 0 Å². The number of hydrogen-bond donors (Lipinski definition) is 1. The van der Waals surface area contributed by atoms with Gasteiger partial charge in [-0.2, -0.15) is 4.39 Å². The Kier molecular flexibility index (Phi) is 4.25. The van der Waals surface area contributed by atoms with Crippen LogP contribution in [0.4, 0.5) is 4.39 Å². The van der Waals surface area contributed by atoms with Gasteiger partial charge in [0.25, 0.3) is 5.56 Å². The molecule has 0 unspecified atom stereocenters. The molecule has 24 heavy (non-hydrogen) atoms. The van der Waals surface area contributed by atoms with Crippen LogP contribution in [0.1, 0.15) is 49.0 Å². The summed E-state index contributed by atoms with van der Waals surface area (Å²) in [6.07, 6.45) is 2.17. The van der Waals surface area contributed by atoms with Crippen molar-refractivity contribution < 1.29 is 4.39 Å². The van der Waals surface area contributed by atoms with Crippen LogP contribution < -0.4 is 5.56 Å². The molecule has 0 fully saturated rings. The molecule has 0 atom stereocenters. The Morgan fingerprint density at radius 1 is 1.38 bits per heavy atom. The maximum atomic E-state index is 13.9. The molecule has 0 amide bonds. The number of fused-ring (bicyclic) bond motifs is 1. The molecule has 1 N–H and O–H groups in total. The standard InChI is InChI=1S/C18H23FN4O/c1-11-5-7-20-15(19)12(11)9-23-8-6-14-13(10-23)16(24)22-17(21-14)18(2,3)4/h5,7H,6,8-10H2,1-4H3,(H,21,22,24). The molecule has 0 radical (unpaired) electrons. The fourth-order valence-electron chi connectivity index (χ4n) is 2.94. The first-order chi connectivity index (χ1) is 11.3. The fourth-order valence-corrected chi connectivity index (χ4v) is 2.94. The molecule has 3 heterocycles. The number of halogens is 1. The van der Waals surface area contributed by atoms with Crippen molar-refractivity contribution in [3.8, 4) is 0 Å². The summed E-state index contributed by atoms with van der Waals surface area (Å²) in [6.45, 7) is 9.65. The SMILES string of the molecule is Cc1ccnc(F)c1CN1CCc2nc(C(C)(C)C)[nH]c(=O)c2C1. The lowest BCUT2D eigenvalue weighted by Crippen LogP contribution is -2.37. The molecule has 5 nitrogen and oxygen atoms in total. The van der Waals surface area contributed by atoms with Gasteiger partial charge in [0.15, 0.2) is 0 Å². The van der Waals surface area contributed by atoms with E-state index < -0.39 is 5.95 Å². The van der Waals surface area contributed by atoms with Gasteiger partial charge in [-0.1, -0.05) is 20.8 Å². The van der Waals surface area contributed by atoms with Crippen molar-refractivity contribution >= 4 is 0 Å². The van der Waals surface area contributed by atoms with Crippen molar-refractivity contribution in [1.82, 2.24) is 19.9 Å². The summed E-state index contributed by atoms with van der Waals surface area (Å²) in [6, 6.07) is 1.81. The minimum atomic E-state index is -0.434. The van der Waals surface area contributed by atoms with Gasteiger partial charge in [-0.15, -0.1) is 0 Å². The number of pyridine rings is 1. The quantitative estimate of drug-likeness (QED) is 0.859. The molecule has 0 spiro atoms. The molecule has 6 heteroatoms. The molecular formula is C18H23FN4O. The smallest absolute Gasteiger partial charge is 0.255 e. The third-order valence-corrected chi connectivity index (χ3v) is 4.48. The van der Waals surface area contributed by atoms with Gasteiger partial charge in [0.1, 0.15) is 5.82 Å². The first-order valence-electron chi connectivity index (χ1n) is 8.20. The molecule has 128 valence electrons. The zero-order valence-corrected chi connectivity index (χ0v) is 14.6. The Balaban J connectivity index is 1.86. The Labute approximate surface area is 141 Å². The van der Waals surface area contributed by atoms with Crippen molar-refractivity contribution in [1.29, 1.82) is 0 Å². The lowest BCUT2D eigenvalue weighted by Gasteiger charge is -2.29. The minimum Gasteiger partial charge on any atom is -0.310 e. The highest BCUT2D eigenvalue weighted by atomic mass is 19.1. The van der Waals surface area contributed by atoms with Gasteiger partial charge in [-0.25, -0.2) is 9.97 Å². The second-order valence-electron chi connectivity index (χ2n) is 7.45. The molecular weight excluding hydrogens is 307 g/mol. The van der Waals surface area contributed by atoms with Crippen LogP contribution >= 0.6 is 0 Å². The van der Waals surface area contributed by atoms with E-state index in [1.165, 1.54) is 6.20 Å². The highest BCUT2D eigenvalue weighted by Crippen LogP contribution is 2.22. The summed E-state index contributed by atoms with van der Waals surface area (Å²) in [4.78, 5) is 25.8. The van der Waals surface area contributed by atoms with E-state index in [0.29, 0.717) is 36.5 Å². The third-order valence-electron chi connectivity index (χ3n) is 4.48. The highest BCUT2D eigenvalue weighted by Gasteiger charge is 2.25. The van der Waals surface area contributed by atoms with Gasteiger partial charge >= 0.3 is 0 Å². The van der Waals surface area contributed by atoms with Crippen LogP contribution in [0.2, 0.25) is 0 Å². The minimum absolute atomic E-state index is 0.0852. The van der Waals surface area contributed by atoms with Crippen LogP contribution in [0, 0.1) is 12.9 Å². The summed E-state index contributed by atoms with van der Waals surface area (Å²) < 4.78 is 13.9. The van der Waals surface area contributed by atoms with Crippen LogP contribution in [0.3, 0.4) is 0 Å². The van der Waals surface area contributed by atoms with Crippen molar-refractivity contribution in [2.45, 2.75) is 52.6 Å². The monoisotopic (exact) mass is 330 g/mol. The van der Waals surface area contributed by atoms with Crippen LogP contribution in [-0.2, 0) is 24.9 Å². The molecule has 2 aromatic heterocycles. The molecule has 0 aromatic carbocycles. The lowest BCUT2D eigenvalue weighted by molar-refractivity contribution is 0.236. The van der Waals surface area contributed by atoms with Crippen LogP contribution in [0.25, 0.3) is 0 Å². The zero-order valence-electron chi connectivity index (χ0n) is 14.6. The van der Waals surface area contributed by atoms with E-state index in [0.717, 1.165) is 17.8 Å². The van der Waals surface area contributed by atoms with Crippen molar-refractivity contribution in [2.75, 3.05) is 6.54 Å². The Bertz CT molecular complexity index is 802. The molecule has 1 aliphatic rings. The van der Waals surface area contributed by atoms with Crippen molar-refractivity contribution in [3.05, 3.63) is 56.8 Å². The van der Waals surface area contributed by atoms with E-state index in [9.17, 15) is 9.18 Å². The summed E-state index contributed by atoms with van der Waals surface area (Å²) in [5, 5.41) is 0. The largest absolute Gasteiger partial charge is 0.310 e. The zero-order chi connectivity index (χ0) is 17.5. The molecule has 3 rings (SSSR count). The van der Waals surface area contributed by atoms with Crippen LogP contribution in [0.15, 0.2) is 17.1 Å². The van der Waals surface area contributed by atoms with Gasteiger partial charge in [0.05, 0.1) is 11.3 Å². The third kappa shape index (κ3) is 3.24. The topological polar surface area (TPSA) is 61.9 Å². The number of nitrogens with one attached hydrogen (secondary N) is 1. The lowest BCUT2D eigenvalue weighted by atomic mass is 9.95. The second kappa shape index (κ2) is 6.09. The number of aromatic amines is 1. The average Bonchev–Trinajstić information content (AvgIpc) is 2.50. The van der Waals surface area contributed by atoms with E-state index in [-0.39, 0.29) is 11.0 Å². The number of rotatable bonds is 2. The first-order valence-corrected chi connectivity index (χ1v) is 8.20. The molecule has 0 saturated carbocycles. The average molecular weight is 330 g/mol. The normalized spacial score (nSPS) is 15.4. The second-order valence-corrected chi connectivity index (χ2v) is 7.45. The summed E-state index contributed by atoms with van der Waals surface area (Å²) in [5.41, 5.74) is 2.75. The number of H-pyrrole nitrogens is 1. The maximum absolute atomic E-state index is 13.9. The van der Waals surface area contributed by atoms with Gasteiger partial charge in [0, 0.05) is 43.2 Å². The predicted molar refractivity (Wildman–Crippen MR) is 90.3 cm³/mol. The van der Waals surface area contributed by atoms with Gasteiger partial charge < -0.3 is 4.98 Å². The molecule has 0 aliphatic carbocycles. The van der Waals surface area contributed by atoms with Crippen LogP contribution in [-0.4, -0.2) is 26.4 Å².